The van der Waals surface area contributed by atoms with E-state index in [0.717, 1.165) is 32.2 Å². The molecule has 1 saturated heterocycles. The summed E-state index contributed by atoms with van der Waals surface area (Å²) in [5, 5.41) is 6.05. The summed E-state index contributed by atoms with van der Waals surface area (Å²) in [4.78, 5) is 26.1. The second kappa shape index (κ2) is 7.96. The fraction of sp³-hybridized carbons (Fsp3) is 0.857. The number of halogens is 1. The molecule has 1 atom stereocenters. The molecule has 6 nitrogen and oxygen atoms in total. The second-order valence-electron chi connectivity index (χ2n) is 5.97. The van der Waals surface area contributed by atoms with Crippen LogP contribution in [0.2, 0.25) is 0 Å². The second-order valence-corrected chi connectivity index (χ2v) is 5.97. The van der Waals surface area contributed by atoms with Gasteiger partial charge in [0.15, 0.2) is 0 Å². The molecule has 2 fully saturated rings. The molecule has 1 aliphatic heterocycles. The van der Waals surface area contributed by atoms with Crippen molar-refractivity contribution in [3.63, 3.8) is 0 Å². The maximum absolute atomic E-state index is 12.4. The van der Waals surface area contributed by atoms with E-state index in [9.17, 15) is 9.59 Å². The third-order valence-corrected chi connectivity index (χ3v) is 4.24. The highest BCUT2D eigenvalue weighted by molar-refractivity contribution is 5.85. The van der Waals surface area contributed by atoms with Crippen LogP contribution in [0.25, 0.3) is 0 Å². The Kier molecular flexibility index (Phi) is 6.90. The number of nitrogens with one attached hydrogen (secondary N) is 2. The van der Waals surface area contributed by atoms with Crippen LogP contribution >= 0.6 is 12.4 Å². The van der Waals surface area contributed by atoms with Gasteiger partial charge in [-0.15, -0.1) is 12.4 Å². The largest absolute Gasteiger partial charge is 0.366 e. The lowest BCUT2D eigenvalue weighted by Crippen LogP contribution is -2.52. The number of nitrogens with zero attached hydrogens (tertiary/aromatic N) is 1. The molecule has 0 radical (unpaired) electrons. The van der Waals surface area contributed by atoms with Gasteiger partial charge in [0.2, 0.25) is 11.8 Å². The average Bonchev–Trinajstić information content (AvgIpc) is 2.94. The fourth-order valence-electron chi connectivity index (χ4n) is 3.10. The minimum absolute atomic E-state index is 0. The molecule has 1 aliphatic carbocycles. The lowest BCUT2D eigenvalue weighted by molar-refractivity contribution is -0.141. The van der Waals surface area contributed by atoms with Crippen LogP contribution in [0.5, 0.6) is 0 Å². The zero-order valence-electron chi connectivity index (χ0n) is 12.8. The first-order chi connectivity index (χ1) is 9.55. The molecule has 0 spiro atoms. The molecule has 2 aliphatic rings. The van der Waals surface area contributed by atoms with Crippen molar-refractivity contribution in [2.24, 2.45) is 5.41 Å². The highest BCUT2D eigenvalue weighted by Crippen LogP contribution is 2.38. The standard InChI is InChI=1S/C14H25N3O3.ClH/c1-17(2)13(19)14(5-3-4-6-14)10-16-12(18)11-9-15-7-8-20-11;/h11,15H,3-10H2,1-2H3,(H,16,18);1H. The smallest absolute Gasteiger partial charge is 0.250 e. The molecule has 1 saturated carbocycles. The van der Waals surface area contributed by atoms with Crippen molar-refractivity contribution in [1.82, 2.24) is 15.5 Å². The molecule has 2 N–H and O–H groups in total. The summed E-state index contributed by atoms with van der Waals surface area (Å²) in [6, 6.07) is 0. The van der Waals surface area contributed by atoms with Crippen LogP contribution in [-0.2, 0) is 14.3 Å². The van der Waals surface area contributed by atoms with Crippen molar-refractivity contribution >= 4 is 24.2 Å². The number of amides is 2. The van der Waals surface area contributed by atoms with Gasteiger partial charge >= 0.3 is 0 Å². The number of ether oxygens (including phenoxy) is 1. The molecule has 2 amide bonds. The van der Waals surface area contributed by atoms with E-state index >= 15 is 0 Å². The van der Waals surface area contributed by atoms with E-state index in [2.05, 4.69) is 10.6 Å². The Bertz CT molecular complexity index is 364. The van der Waals surface area contributed by atoms with Gasteiger partial charge in [-0.25, -0.2) is 0 Å². The summed E-state index contributed by atoms with van der Waals surface area (Å²) in [6.07, 6.45) is 3.38. The SMILES string of the molecule is CN(C)C(=O)C1(CNC(=O)C2CNCCO2)CCCC1.Cl. The van der Waals surface area contributed by atoms with Crippen molar-refractivity contribution in [2.75, 3.05) is 40.3 Å². The fourth-order valence-corrected chi connectivity index (χ4v) is 3.10. The average molecular weight is 320 g/mol. The zero-order chi connectivity index (χ0) is 14.6. The van der Waals surface area contributed by atoms with Crippen molar-refractivity contribution in [3.8, 4) is 0 Å². The normalized spacial score (nSPS) is 24.0. The molecular weight excluding hydrogens is 294 g/mol. The summed E-state index contributed by atoms with van der Waals surface area (Å²) in [6.45, 7) is 2.30. The summed E-state index contributed by atoms with van der Waals surface area (Å²) in [7, 11) is 3.55. The predicted octanol–water partition coefficient (Wildman–Crippen LogP) is 0.161. The van der Waals surface area contributed by atoms with Crippen LogP contribution in [0.3, 0.4) is 0 Å². The van der Waals surface area contributed by atoms with Crippen LogP contribution in [0, 0.1) is 5.41 Å². The first-order valence-corrected chi connectivity index (χ1v) is 7.37. The van der Waals surface area contributed by atoms with E-state index in [1.165, 1.54) is 0 Å². The summed E-state index contributed by atoms with van der Waals surface area (Å²) in [5.41, 5.74) is -0.415. The van der Waals surface area contributed by atoms with Crippen molar-refractivity contribution in [2.45, 2.75) is 31.8 Å². The molecular formula is C14H26ClN3O3. The zero-order valence-corrected chi connectivity index (χ0v) is 13.6. The summed E-state index contributed by atoms with van der Waals surface area (Å²) in [5.74, 6) is 0.00742. The van der Waals surface area contributed by atoms with Gasteiger partial charge in [0, 0.05) is 33.7 Å². The van der Waals surface area contributed by atoms with Crippen LogP contribution < -0.4 is 10.6 Å². The van der Waals surface area contributed by atoms with E-state index in [0.29, 0.717) is 19.7 Å². The first kappa shape index (κ1) is 18.2. The van der Waals surface area contributed by atoms with Gasteiger partial charge in [0.1, 0.15) is 6.10 Å². The monoisotopic (exact) mass is 319 g/mol. The third kappa shape index (κ3) is 4.31. The van der Waals surface area contributed by atoms with Gasteiger partial charge in [0.25, 0.3) is 0 Å². The lowest BCUT2D eigenvalue weighted by atomic mass is 9.84. The Morgan fingerprint density at radius 1 is 1.33 bits per heavy atom. The van der Waals surface area contributed by atoms with Crippen LogP contribution in [-0.4, -0.2) is 63.2 Å². The molecule has 122 valence electrons. The van der Waals surface area contributed by atoms with Gasteiger partial charge in [-0.05, 0) is 12.8 Å². The first-order valence-electron chi connectivity index (χ1n) is 7.37. The molecule has 21 heavy (non-hydrogen) atoms. The molecule has 0 aromatic rings. The van der Waals surface area contributed by atoms with Gasteiger partial charge in [-0.1, -0.05) is 12.8 Å². The van der Waals surface area contributed by atoms with Crippen LogP contribution in [0.15, 0.2) is 0 Å². The predicted molar refractivity (Wildman–Crippen MR) is 82.5 cm³/mol. The number of carbonyl (C=O) groups excluding carboxylic acids is 2. The molecule has 0 aromatic carbocycles. The third-order valence-electron chi connectivity index (χ3n) is 4.24. The van der Waals surface area contributed by atoms with Gasteiger partial charge in [0.05, 0.1) is 12.0 Å². The topological polar surface area (TPSA) is 70.7 Å². The Balaban J connectivity index is 0.00000220. The maximum atomic E-state index is 12.4. The molecule has 2 rings (SSSR count). The molecule has 0 aromatic heterocycles. The van der Waals surface area contributed by atoms with E-state index in [1.807, 2.05) is 0 Å². The molecule has 1 heterocycles. The highest BCUT2D eigenvalue weighted by atomic mass is 35.5. The number of hydrogen-bond donors (Lipinski definition) is 2. The van der Waals surface area contributed by atoms with Crippen LogP contribution in [0.4, 0.5) is 0 Å². The summed E-state index contributed by atoms with van der Waals surface area (Å²) < 4.78 is 5.43. The van der Waals surface area contributed by atoms with Gasteiger partial charge < -0.3 is 20.3 Å². The molecule has 7 heteroatoms. The number of rotatable bonds is 4. The molecule has 0 bridgehead atoms. The van der Waals surface area contributed by atoms with Crippen molar-refractivity contribution in [3.05, 3.63) is 0 Å². The van der Waals surface area contributed by atoms with Crippen molar-refractivity contribution in [1.29, 1.82) is 0 Å². The Morgan fingerprint density at radius 2 is 2.00 bits per heavy atom. The van der Waals surface area contributed by atoms with Crippen molar-refractivity contribution < 1.29 is 14.3 Å². The van der Waals surface area contributed by atoms with E-state index in [-0.39, 0.29) is 24.2 Å². The van der Waals surface area contributed by atoms with Gasteiger partial charge in [-0.2, -0.15) is 0 Å². The van der Waals surface area contributed by atoms with E-state index in [1.54, 1.807) is 19.0 Å². The number of carbonyl (C=O) groups is 2. The Labute approximate surface area is 132 Å². The van der Waals surface area contributed by atoms with E-state index < -0.39 is 11.5 Å². The summed E-state index contributed by atoms with van der Waals surface area (Å²) >= 11 is 0. The highest BCUT2D eigenvalue weighted by Gasteiger charge is 2.42. The minimum Gasteiger partial charge on any atom is -0.366 e. The number of hydrogen-bond acceptors (Lipinski definition) is 4. The van der Waals surface area contributed by atoms with Crippen LogP contribution in [0.1, 0.15) is 25.7 Å². The maximum Gasteiger partial charge on any atom is 0.250 e. The lowest BCUT2D eigenvalue weighted by Gasteiger charge is -2.32. The van der Waals surface area contributed by atoms with Gasteiger partial charge in [-0.3, -0.25) is 9.59 Å². The Morgan fingerprint density at radius 3 is 2.52 bits per heavy atom. The molecule has 1 unspecified atom stereocenters. The Hall–Kier alpha value is -0.850. The quantitative estimate of drug-likeness (QED) is 0.774. The minimum atomic E-state index is -0.434. The number of morpholine rings is 1. The van der Waals surface area contributed by atoms with E-state index in [4.69, 9.17) is 4.74 Å².